The summed E-state index contributed by atoms with van der Waals surface area (Å²) >= 11 is 0. The number of hydrogen-bond acceptors (Lipinski definition) is 2. The van der Waals surface area contributed by atoms with Crippen molar-refractivity contribution in [3.8, 4) is 0 Å². The molecule has 21 heavy (non-hydrogen) atoms. The molecule has 2 saturated carbocycles. The largest absolute Gasteiger partial charge is 0.388 e. The quantitative estimate of drug-likeness (QED) is 0.875. The first-order valence-electron chi connectivity index (χ1n) is 8.11. The van der Waals surface area contributed by atoms with Crippen molar-refractivity contribution in [3.63, 3.8) is 0 Å². The molecule has 1 heterocycles. The van der Waals surface area contributed by atoms with Gasteiger partial charge in [-0.25, -0.2) is 0 Å². The normalized spacial score (nSPS) is 33.9. The Hall–Kier alpha value is -1.35. The molecule has 0 saturated heterocycles. The summed E-state index contributed by atoms with van der Waals surface area (Å²) in [4.78, 5) is 12.0. The number of nitrogens with one attached hydrogen (secondary N) is 1. The lowest BCUT2D eigenvalue weighted by Crippen LogP contribution is -2.27. The minimum Gasteiger partial charge on any atom is -0.388 e. The lowest BCUT2D eigenvalue weighted by Gasteiger charge is -2.27. The highest BCUT2D eigenvalue weighted by atomic mass is 16.3. The van der Waals surface area contributed by atoms with Crippen molar-refractivity contribution in [1.29, 1.82) is 0 Å². The fraction of sp³-hybridized carbons (Fsp3) is 0.611. The summed E-state index contributed by atoms with van der Waals surface area (Å²) in [7, 11) is 0. The monoisotopic (exact) mass is 285 g/mol. The molecule has 0 radical (unpaired) electrons. The van der Waals surface area contributed by atoms with E-state index in [-0.39, 0.29) is 12.0 Å². The second-order valence-electron chi connectivity index (χ2n) is 7.67. The molecule has 3 heteroatoms. The third-order valence-electron chi connectivity index (χ3n) is 6.07. The van der Waals surface area contributed by atoms with Crippen LogP contribution in [0.15, 0.2) is 18.2 Å². The highest BCUT2D eigenvalue weighted by molar-refractivity contribution is 6.05. The Morgan fingerprint density at radius 2 is 2.10 bits per heavy atom. The summed E-state index contributed by atoms with van der Waals surface area (Å²) in [5.74, 6) is 1.99. The van der Waals surface area contributed by atoms with Crippen LogP contribution in [0.5, 0.6) is 0 Å². The van der Waals surface area contributed by atoms with E-state index in [0.29, 0.717) is 11.8 Å². The van der Waals surface area contributed by atoms with Crippen molar-refractivity contribution >= 4 is 11.6 Å². The Balaban J connectivity index is 1.65. The minimum absolute atomic E-state index is 0.0454. The van der Waals surface area contributed by atoms with Gasteiger partial charge < -0.3 is 10.4 Å². The van der Waals surface area contributed by atoms with Crippen molar-refractivity contribution < 1.29 is 9.90 Å². The number of aliphatic hydroxyl groups excluding tert-OH is 1. The van der Waals surface area contributed by atoms with Gasteiger partial charge in [-0.15, -0.1) is 0 Å². The van der Waals surface area contributed by atoms with Crippen molar-refractivity contribution in [2.24, 2.45) is 17.8 Å². The van der Waals surface area contributed by atoms with Crippen LogP contribution in [0.25, 0.3) is 0 Å². The van der Waals surface area contributed by atoms with Crippen LogP contribution < -0.4 is 5.32 Å². The van der Waals surface area contributed by atoms with Gasteiger partial charge in [-0.1, -0.05) is 18.6 Å². The molecular weight excluding hydrogens is 262 g/mol. The van der Waals surface area contributed by atoms with Gasteiger partial charge in [0.2, 0.25) is 5.91 Å². The zero-order valence-corrected chi connectivity index (χ0v) is 12.7. The third kappa shape index (κ3) is 1.87. The molecule has 2 bridgehead atoms. The minimum atomic E-state index is -0.500. The van der Waals surface area contributed by atoms with Gasteiger partial charge in [-0.2, -0.15) is 0 Å². The SMILES string of the molecule is CC1(C)C(=O)Nc2ccc(C(O)C3CC4CCC3C4)cc21. The van der Waals surface area contributed by atoms with Gasteiger partial charge in [0.1, 0.15) is 0 Å². The van der Waals surface area contributed by atoms with E-state index in [1.807, 2.05) is 32.0 Å². The predicted octanol–water partition coefficient (Wildman–Crippen LogP) is 3.39. The second kappa shape index (κ2) is 4.33. The summed E-state index contributed by atoms with van der Waals surface area (Å²) in [6.45, 7) is 3.89. The van der Waals surface area contributed by atoms with E-state index in [4.69, 9.17) is 0 Å². The molecule has 1 aromatic carbocycles. The molecule has 2 N–H and O–H groups in total. The average Bonchev–Trinajstić information content (AvgIpc) is 3.13. The molecule has 2 aliphatic carbocycles. The summed E-state index contributed by atoms with van der Waals surface area (Å²) < 4.78 is 0. The van der Waals surface area contributed by atoms with Crippen molar-refractivity contribution in [1.82, 2.24) is 0 Å². The van der Waals surface area contributed by atoms with Crippen LogP contribution in [0.1, 0.15) is 56.8 Å². The fourth-order valence-electron chi connectivity index (χ4n) is 4.70. The molecule has 4 unspecified atom stereocenters. The molecule has 1 amide bonds. The lowest BCUT2D eigenvalue weighted by molar-refractivity contribution is -0.119. The van der Waals surface area contributed by atoms with Gasteiger partial charge in [-0.3, -0.25) is 4.79 Å². The smallest absolute Gasteiger partial charge is 0.234 e. The van der Waals surface area contributed by atoms with Crippen LogP contribution in [0.3, 0.4) is 0 Å². The van der Waals surface area contributed by atoms with Crippen LogP contribution >= 0.6 is 0 Å². The molecule has 112 valence electrons. The molecule has 4 atom stereocenters. The van der Waals surface area contributed by atoms with E-state index >= 15 is 0 Å². The van der Waals surface area contributed by atoms with E-state index in [1.165, 1.54) is 25.7 Å². The maximum atomic E-state index is 12.0. The van der Waals surface area contributed by atoms with E-state index in [0.717, 1.165) is 22.7 Å². The Kier molecular flexibility index (Phi) is 2.74. The van der Waals surface area contributed by atoms with Gasteiger partial charge in [0.05, 0.1) is 11.5 Å². The molecule has 3 aliphatic rings. The van der Waals surface area contributed by atoms with Gasteiger partial charge in [-0.05, 0) is 68.1 Å². The van der Waals surface area contributed by atoms with Gasteiger partial charge in [0, 0.05) is 5.69 Å². The zero-order valence-electron chi connectivity index (χ0n) is 12.7. The molecule has 1 aromatic rings. The van der Waals surface area contributed by atoms with Crippen LogP contribution in [0.4, 0.5) is 5.69 Å². The molecule has 3 nitrogen and oxygen atoms in total. The first kappa shape index (κ1) is 13.3. The Morgan fingerprint density at radius 3 is 2.76 bits per heavy atom. The van der Waals surface area contributed by atoms with Gasteiger partial charge >= 0.3 is 0 Å². The number of carbonyl (C=O) groups is 1. The van der Waals surface area contributed by atoms with Gasteiger partial charge in [0.25, 0.3) is 0 Å². The topological polar surface area (TPSA) is 49.3 Å². The van der Waals surface area contributed by atoms with E-state index in [9.17, 15) is 9.90 Å². The molecule has 2 fully saturated rings. The van der Waals surface area contributed by atoms with E-state index in [1.54, 1.807) is 0 Å². The maximum Gasteiger partial charge on any atom is 0.234 e. The maximum absolute atomic E-state index is 12.0. The number of anilines is 1. The summed E-state index contributed by atoms with van der Waals surface area (Å²) in [5.41, 5.74) is 2.40. The Bertz CT molecular complexity index is 607. The number of aliphatic hydroxyl groups is 1. The van der Waals surface area contributed by atoms with Crippen molar-refractivity contribution in [3.05, 3.63) is 29.3 Å². The van der Waals surface area contributed by atoms with Crippen LogP contribution in [0.2, 0.25) is 0 Å². The van der Waals surface area contributed by atoms with Crippen LogP contribution in [-0.2, 0) is 10.2 Å². The highest BCUT2D eigenvalue weighted by Crippen LogP contribution is 2.53. The highest BCUT2D eigenvalue weighted by Gasteiger charge is 2.44. The van der Waals surface area contributed by atoms with E-state index in [2.05, 4.69) is 5.32 Å². The van der Waals surface area contributed by atoms with Gasteiger partial charge in [0.15, 0.2) is 0 Å². The first-order chi connectivity index (χ1) is 9.96. The van der Waals surface area contributed by atoms with Crippen LogP contribution in [0, 0.1) is 17.8 Å². The number of carbonyl (C=O) groups excluding carboxylic acids is 1. The molecule has 1 aliphatic heterocycles. The molecule has 0 aromatic heterocycles. The second-order valence-corrected chi connectivity index (χ2v) is 7.67. The predicted molar refractivity (Wildman–Crippen MR) is 82.0 cm³/mol. The van der Waals surface area contributed by atoms with Crippen LogP contribution in [-0.4, -0.2) is 11.0 Å². The summed E-state index contributed by atoms with van der Waals surface area (Å²) in [6.07, 6.45) is 4.73. The summed E-state index contributed by atoms with van der Waals surface area (Å²) in [6, 6.07) is 5.98. The number of benzene rings is 1. The van der Waals surface area contributed by atoms with Crippen molar-refractivity contribution in [2.45, 2.75) is 51.0 Å². The molecule has 4 rings (SSSR count). The number of hydrogen-bond donors (Lipinski definition) is 2. The standard InChI is InChI=1S/C18H23NO2/c1-18(2)14-9-12(5-6-15(14)19-17(18)21)16(20)13-8-10-3-4-11(13)7-10/h5-6,9-11,13,16,20H,3-4,7-8H2,1-2H3,(H,19,21). The van der Waals surface area contributed by atoms with E-state index < -0.39 is 5.41 Å². The average molecular weight is 285 g/mol. The number of fused-ring (bicyclic) bond motifs is 3. The lowest BCUT2D eigenvalue weighted by atomic mass is 9.80. The Labute approximate surface area is 125 Å². The number of rotatable bonds is 2. The third-order valence-corrected chi connectivity index (χ3v) is 6.07. The Morgan fingerprint density at radius 1 is 1.29 bits per heavy atom. The van der Waals surface area contributed by atoms with Crippen molar-refractivity contribution in [2.75, 3.05) is 5.32 Å². The summed E-state index contributed by atoms with van der Waals surface area (Å²) in [5, 5.41) is 13.7. The zero-order chi connectivity index (χ0) is 14.8. The first-order valence-corrected chi connectivity index (χ1v) is 8.11. The molecule has 0 spiro atoms. The number of amides is 1. The fourth-order valence-corrected chi connectivity index (χ4v) is 4.70. The molecular formula is C18H23NO2.